The average Bonchev–Trinajstić information content (AvgIpc) is 2.73. The van der Waals surface area contributed by atoms with Crippen LogP contribution in [0, 0.1) is 0 Å². The van der Waals surface area contributed by atoms with Gasteiger partial charge in [0.15, 0.2) is 41.6 Å². The van der Waals surface area contributed by atoms with Crippen molar-refractivity contribution in [2.75, 3.05) is 13.2 Å². The van der Waals surface area contributed by atoms with Crippen LogP contribution in [0.15, 0.2) is 35.5 Å². The molecule has 232 valence electrons. The Bertz CT molecular complexity index is 899. The number of benzene rings is 1. The molecule has 0 spiro atoms. The molecule has 1 rings (SSSR count). The van der Waals surface area contributed by atoms with Crippen LogP contribution in [-0.2, 0) is 33.6 Å². The van der Waals surface area contributed by atoms with Crippen LogP contribution in [0.25, 0.3) is 0 Å². The zero-order chi connectivity index (χ0) is 31.0. The van der Waals surface area contributed by atoms with Crippen molar-refractivity contribution in [3.8, 4) is 0 Å². The Morgan fingerprint density at radius 3 is 1.57 bits per heavy atom. The quantitative estimate of drug-likeness (QED) is 0.0918. The third-order valence-electron chi connectivity index (χ3n) is 5.06. The van der Waals surface area contributed by atoms with Crippen molar-refractivity contribution in [2.24, 2.45) is 5.16 Å². The van der Waals surface area contributed by atoms with Crippen LogP contribution < -0.4 is 0 Å². The third-order valence-corrected chi connectivity index (χ3v) is 10.1. The van der Waals surface area contributed by atoms with Gasteiger partial charge >= 0.3 is 0 Å². The molecular formula is C28H59NO6Si5. The van der Waals surface area contributed by atoms with Crippen LogP contribution in [-0.4, -0.2) is 78.8 Å². The molecule has 12 heteroatoms. The first-order valence-corrected chi connectivity index (χ1v) is 31.5. The van der Waals surface area contributed by atoms with Crippen molar-refractivity contribution in [1.82, 2.24) is 0 Å². The second kappa shape index (κ2) is 15.3. The lowest BCUT2D eigenvalue weighted by Crippen LogP contribution is -2.58. The van der Waals surface area contributed by atoms with Crippen molar-refractivity contribution in [1.29, 1.82) is 0 Å². The molecule has 3 atom stereocenters. The van der Waals surface area contributed by atoms with Gasteiger partial charge in [0.2, 0.25) is 0 Å². The molecule has 0 aromatic heterocycles. The van der Waals surface area contributed by atoms with E-state index in [2.05, 4.69) is 98.2 Å². The summed E-state index contributed by atoms with van der Waals surface area (Å²) < 4.78 is 33.7. The SMILES string of the molecule is C[Si](C)(C)OCC(=NOCc1ccccc1)C(O[Si](C)(C)C)C(O[Si](C)(C)C)C(CO[Si](C)(C)C)O[Si](C)(C)C. The molecule has 0 aliphatic heterocycles. The van der Waals surface area contributed by atoms with Gasteiger partial charge in [-0.1, -0.05) is 35.5 Å². The van der Waals surface area contributed by atoms with Gasteiger partial charge in [-0.2, -0.15) is 0 Å². The van der Waals surface area contributed by atoms with Crippen molar-refractivity contribution >= 4 is 47.3 Å². The van der Waals surface area contributed by atoms with Crippen LogP contribution in [0.1, 0.15) is 5.56 Å². The molecule has 3 unspecified atom stereocenters. The zero-order valence-electron chi connectivity index (χ0n) is 28.1. The summed E-state index contributed by atoms with van der Waals surface area (Å²) >= 11 is 0. The minimum atomic E-state index is -2.08. The van der Waals surface area contributed by atoms with Crippen molar-refractivity contribution < 1.29 is 27.0 Å². The van der Waals surface area contributed by atoms with E-state index in [1.54, 1.807) is 0 Å². The highest BCUT2D eigenvalue weighted by Gasteiger charge is 2.43. The Labute approximate surface area is 251 Å². The summed E-state index contributed by atoms with van der Waals surface area (Å²) in [5, 5.41) is 4.72. The van der Waals surface area contributed by atoms with Crippen LogP contribution in [0.2, 0.25) is 98.2 Å². The number of hydrogen-bond acceptors (Lipinski definition) is 7. The normalized spacial score (nSPS) is 16.5. The van der Waals surface area contributed by atoms with Crippen molar-refractivity contribution in [3.63, 3.8) is 0 Å². The molecule has 7 nitrogen and oxygen atoms in total. The largest absolute Gasteiger partial charge is 0.415 e. The van der Waals surface area contributed by atoms with Gasteiger partial charge in [-0.25, -0.2) is 0 Å². The predicted molar refractivity (Wildman–Crippen MR) is 182 cm³/mol. The fourth-order valence-electron chi connectivity index (χ4n) is 3.64. The van der Waals surface area contributed by atoms with Gasteiger partial charge in [0.25, 0.3) is 0 Å². The molecule has 0 bridgehead atoms. The lowest BCUT2D eigenvalue weighted by molar-refractivity contribution is -0.0311. The summed E-state index contributed by atoms with van der Waals surface area (Å²) in [6, 6.07) is 10.1. The lowest BCUT2D eigenvalue weighted by atomic mass is 10.0. The summed E-state index contributed by atoms with van der Waals surface area (Å²) in [7, 11) is -9.82. The van der Waals surface area contributed by atoms with E-state index in [4.69, 9.17) is 32.1 Å². The first kappa shape index (κ1) is 37.6. The zero-order valence-corrected chi connectivity index (χ0v) is 33.1. The molecule has 0 N–H and O–H groups in total. The Kier molecular flexibility index (Phi) is 14.4. The molecule has 0 saturated heterocycles. The maximum atomic E-state index is 6.98. The number of rotatable bonds is 18. The number of hydrogen-bond donors (Lipinski definition) is 0. The summed E-state index contributed by atoms with van der Waals surface area (Å²) in [4.78, 5) is 5.98. The highest BCUT2D eigenvalue weighted by Crippen LogP contribution is 2.26. The highest BCUT2D eigenvalue weighted by molar-refractivity contribution is 6.71. The first-order valence-electron chi connectivity index (χ1n) is 14.5. The number of oxime groups is 1. The maximum absolute atomic E-state index is 6.98. The van der Waals surface area contributed by atoms with E-state index in [9.17, 15) is 0 Å². The van der Waals surface area contributed by atoms with Gasteiger partial charge in [0.1, 0.15) is 24.5 Å². The van der Waals surface area contributed by atoms with Crippen molar-refractivity contribution in [2.45, 2.75) is 123 Å². The van der Waals surface area contributed by atoms with E-state index in [1.165, 1.54) is 0 Å². The Morgan fingerprint density at radius 1 is 0.625 bits per heavy atom. The standard InChI is InChI=1S/C28H59NO6Si5/c1-36(2,3)31-22-25(29-30-21-24-19-17-16-18-20-24)27(34-39(10,11)12)28(35-40(13,14)15)26(33-38(7,8)9)23-32-37(4,5)6/h16-20,26-28H,21-23H2,1-15H3. The van der Waals surface area contributed by atoms with E-state index < -0.39 is 53.8 Å². The van der Waals surface area contributed by atoms with Crippen LogP contribution in [0.3, 0.4) is 0 Å². The fraction of sp³-hybridized carbons (Fsp3) is 0.750. The van der Waals surface area contributed by atoms with E-state index in [0.29, 0.717) is 25.5 Å². The monoisotopic (exact) mass is 645 g/mol. The smallest absolute Gasteiger partial charge is 0.184 e. The Hall–Kier alpha value is -0.426. The van der Waals surface area contributed by atoms with Gasteiger partial charge < -0.3 is 27.0 Å². The highest BCUT2D eigenvalue weighted by atomic mass is 28.4. The van der Waals surface area contributed by atoms with Gasteiger partial charge in [0.05, 0.1) is 19.3 Å². The second-order valence-corrected chi connectivity index (χ2v) is 37.7. The van der Waals surface area contributed by atoms with Crippen LogP contribution in [0.4, 0.5) is 0 Å². The molecule has 0 aliphatic rings. The van der Waals surface area contributed by atoms with Gasteiger partial charge in [0, 0.05) is 0 Å². The fourth-order valence-corrected chi connectivity index (χ4v) is 8.12. The van der Waals surface area contributed by atoms with E-state index >= 15 is 0 Å². The topological polar surface area (TPSA) is 67.7 Å². The molecule has 0 amide bonds. The molecule has 0 heterocycles. The summed E-state index contributed by atoms with van der Waals surface area (Å²) in [5.41, 5.74) is 1.76. The molecule has 0 saturated carbocycles. The van der Waals surface area contributed by atoms with Gasteiger partial charge in [-0.15, -0.1) is 0 Å². The molecule has 0 aliphatic carbocycles. The Balaban J connectivity index is 3.67. The summed E-state index contributed by atoms with van der Waals surface area (Å²) in [6.07, 6.45) is -1.21. The molecule has 0 fully saturated rings. The lowest BCUT2D eigenvalue weighted by Gasteiger charge is -2.42. The summed E-state index contributed by atoms with van der Waals surface area (Å²) in [5.74, 6) is 0. The second-order valence-electron chi connectivity index (χ2n) is 15.3. The molecule has 1 aromatic carbocycles. The van der Waals surface area contributed by atoms with E-state index in [1.807, 2.05) is 30.3 Å². The molecule has 0 radical (unpaired) electrons. The molecule has 1 aromatic rings. The van der Waals surface area contributed by atoms with Crippen LogP contribution in [0.5, 0.6) is 0 Å². The van der Waals surface area contributed by atoms with E-state index in [-0.39, 0.29) is 6.10 Å². The summed E-state index contributed by atoms with van der Waals surface area (Å²) in [6.45, 7) is 34.1. The van der Waals surface area contributed by atoms with Gasteiger partial charge in [-0.3, -0.25) is 0 Å². The number of nitrogens with zero attached hydrogens (tertiary/aromatic N) is 1. The predicted octanol–water partition coefficient (Wildman–Crippen LogP) is 7.92. The molecule has 40 heavy (non-hydrogen) atoms. The van der Waals surface area contributed by atoms with Crippen LogP contribution >= 0.6 is 0 Å². The maximum Gasteiger partial charge on any atom is 0.184 e. The minimum absolute atomic E-state index is 0.308. The minimum Gasteiger partial charge on any atom is -0.415 e. The Morgan fingerprint density at radius 2 is 1.12 bits per heavy atom. The average molecular weight is 646 g/mol. The van der Waals surface area contributed by atoms with Crippen molar-refractivity contribution in [3.05, 3.63) is 35.9 Å². The van der Waals surface area contributed by atoms with E-state index in [0.717, 1.165) is 5.56 Å². The third kappa shape index (κ3) is 18.2. The van der Waals surface area contributed by atoms with Gasteiger partial charge in [-0.05, 0) is 104 Å². The molecular weight excluding hydrogens is 587 g/mol. The first-order chi connectivity index (χ1) is 17.9.